The van der Waals surface area contributed by atoms with Crippen LogP contribution >= 0.6 is 0 Å². The van der Waals surface area contributed by atoms with Gasteiger partial charge in [-0.2, -0.15) is 29.5 Å². The fourth-order valence-corrected chi connectivity index (χ4v) is 42.0. The largest absolute Gasteiger partial charge is 2.00 e. The van der Waals surface area contributed by atoms with Gasteiger partial charge >= 0.3 is 41.2 Å². The minimum atomic E-state index is -3.67. The summed E-state index contributed by atoms with van der Waals surface area (Å²) in [5.74, 6) is 2.49. The van der Waals surface area contributed by atoms with E-state index in [4.69, 9.17) is 30.5 Å². The van der Waals surface area contributed by atoms with Crippen molar-refractivity contribution in [1.82, 2.24) is 48.2 Å². The zero-order chi connectivity index (χ0) is 102. The monoisotopic (exact) mass is 2060 g/mol. The molecule has 10 aliphatic carbocycles. The summed E-state index contributed by atoms with van der Waals surface area (Å²) in [6, 6.07) is 15.9. The number of esters is 1. The number of hydrogen-bond acceptors (Lipinski definition) is 30. The first-order valence-electron chi connectivity index (χ1n) is 48.5. The summed E-state index contributed by atoms with van der Waals surface area (Å²) in [4.78, 5) is 86.6. The van der Waals surface area contributed by atoms with Crippen LogP contribution in [0, 0.1) is 100 Å². The van der Waals surface area contributed by atoms with E-state index in [1.807, 2.05) is 60.7 Å². The molecule has 20 unspecified atom stereocenters. The molecule has 0 radical (unpaired) electrons. The van der Waals surface area contributed by atoms with Crippen LogP contribution in [0.3, 0.4) is 0 Å². The van der Waals surface area contributed by atoms with Crippen LogP contribution in [0.15, 0.2) is 88.6 Å². The van der Waals surface area contributed by atoms with Gasteiger partial charge in [0.05, 0.1) is 73.8 Å². The zero-order valence-electron chi connectivity index (χ0n) is 84.3. The molecule has 2 aromatic carbocycles. The van der Waals surface area contributed by atoms with E-state index in [1.165, 1.54) is 36.5 Å². The van der Waals surface area contributed by atoms with Crippen LogP contribution in [0.5, 0.6) is 0 Å². The van der Waals surface area contributed by atoms with Crippen LogP contribution in [0.1, 0.15) is 223 Å². The molecular formula is C95H147MgN15O22S5Si. The molecular weight excluding hydrogens is 1920 g/mol. The Morgan fingerprint density at radius 2 is 0.820 bits per heavy atom. The van der Waals surface area contributed by atoms with Crippen LogP contribution in [0.4, 0.5) is 9.59 Å². The molecule has 21 rings (SSSR count). The number of methoxy groups -OCH3 is 1. The molecule has 17 fully saturated rings. The quantitative estimate of drug-likeness (QED) is 0.0567. The number of carbonyl (C=O) groups is 7. The Morgan fingerprint density at radius 1 is 0.482 bits per heavy atom. The van der Waals surface area contributed by atoms with Crippen molar-refractivity contribution in [3.63, 3.8) is 0 Å². The van der Waals surface area contributed by atoms with Crippen molar-refractivity contribution >= 4 is 129 Å². The Labute approximate surface area is 839 Å². The second-order valence-corrected chi connectivity index (χ2v) is 60.2. The van der Waals surface area contributed by atoms with Crippen molar-refractivity contribution in [3.8, 4) is 0 Å². The van der Waals surface area contributed by atoms with E-state index in [-0.39, 0.29) is 167 Å². The number of fused-ring (bicyclic) bond motifs is 5. The predicted octanol–water partition coefficient (Wildman–Crippen LogP) is 8.79. The van der Waals surface area contributed by atoms with Crippen molar-refractivity contribution in [1.29, 1.82) is 10.8 Å². The van der Waals surface area contributed by atoms with Gasteiger partial charge in [-0.3, -0.25) is 29.4 Å². The first-order valence-corrected chi connectivity index (χ1v) is 60.2. The standard InChI is InChI=1S/C22H29N3O5S.C17H29N3O3SSi.C14H21N3O3S.C13H16N2O4.C13H19NO3S.C10H17NO2S.C4H10.2CH3O.Mg.N2/c1-21(2)16-8-10-22(21)14-31(28,29)25(18(22)12-16)19(26)17-9-11-24(23-17)20(27)30-13-15-6-4-3-5-7-15;1-16(2)11-6-7-17(16)10-24(22,23)20(13(17)8-11)15(21)12-9-14(19-18-12)25(3,4)5;1-13(2)9-3-5-14(13)8-21(19,20)17(11(14)7-9)12(18)10-4-6-15-16-10;1-18-12(16)11-7-8-15(14-11)13(17)19-9-10-5-3-2-4-6-10;1-4-11(15)14-10-7-9-5-6-13(10,12(9,2)3)8-18(14,16)17;1-9(2)7-3-4-10(9)6-14(12,13)11-8(10)5-7;1-4(2)3;2*1-2;;1-2/h3-7,16-18,23H,8-14H2,1-2H3;11-14H,6-10H2,1-5H3;6,9-11,16H,3-5,7-8H2,1-2H3;2-6,11,14H,7-9H2,1H3;4,9-10H,1,5-8H2,2-3H3;7-8,11H,3-6H2,1-2H3;4H,1-3H3;2*1H3;;/q;;;;;;;2*-1;+2;. The number of carbonyl (C=O) groups excluding carboxylic acids is 7. The fourth-order valence-electron chi connectivity index (χ4n) is 28.2. The molecule has 20 atom stereocenters. The summed E-state index contributed by atoms with van der Waals surface area (Å²) in [5, 5.41) is 43.5. The van der Waals surface area contributed by atoms with Crippen LogP contribution in [-0.2, 0) is 102 Å². The molecule has 10 saturated carbocycles. The summed E-state index contributed by atoms with van der Waals surface area (Å²) < 4.78 is 148. The van der Waals surface area contributed by atoms with E-state index >= 15 is 0 Å². The Hall–Kier alpha value is -6.91. The maximum Gasteiger partial charge on any atom is 2.00 e. The summed E-state index contributed by atoms with van der Waals surface area (Å²) in [6.07, 6.45) is 18.1. The molecule has 7 saturated heterocycles. The molecule has 5 spiro atoms. The third-order valence-corrected chi connectivity index (χ3v) is 48.0. The van der Waals surface area contributed by atoms with Gasteiger partial charge in [-0.25, -0.2) is 94.5 Å². The molecule has 9 aliphatic heterocycles. The summed E-state index contributed by atoms with van der Waals surface area (Å²) in [6.45, 7) is 39.6. The number of hydrazine groups is 2. The van der Waals surface area contributed by atoms with Gasteiger partial charge in [0, 0.05) is 76.0 Å². The molecule has 0 aromatic heterocycles. The van der Waals surface area contributed by atoms with Gasteiger partial charge in [0.15, 0.2) is 6.04 Å². The number of rotatable bonds is 10. The van der Waals surface area contributed by atoms with E-state index < -0.39 is 106 Å². The third kappa shape index (κ3) is 19.7. The summed E-state index contributed by atoms with van der Waals surface area (Å²) >= 11 is 0. The number of nitrogens with zero attached hydrogens (tertiary/aromatic N) is 11. The average Bonchev–Trinajstić information content (AvgIpc) is 1.49. The zero-order valence-corrected chi connectivity index (χ0v) is 90.8. The van der Waals surface area contributed by atoms with Crippen molar-refractivity contribution in [2.45, 2.75) is 305 Å². The normalized spacial score (nSPS) is 36.0. The molecule has 44 heteroatoms. The average molecular weight is 2060 g/mol. The van der Waals surface area contributed by atoms with Gasteiger partial charge in [0.1, 0.15) is 31.3 Å². The number of benzene rings is 2. The molecule has 139 heavy (non-hydrogen) atoms. The number of sulfonamides is 5. The fraction of sp³-hybridized carbons (Fsp3) is 0.768. The number of nitrogens with one attached hydrogen (secondary N) is 4. The number of amides is 6. The third-order valence-electron chi connectivity index (χ3n) is 36.5. The van der Waals surface area contributed by atoms with Crippen LogP contribution in [-0.4, -0.2) is 272 Å². The topological polar surface area (TPSA) is 516 Å². The van der Waals surface area contributed by atoms with E-state index in [0.717, 1.165) is 137 Å². The van der Waals surface area contributed by atoms with Crippen molar-refractivity contribution in [2.24, 2.45) is 105 Å². The van der Waals surface area contributed by atoms with E-state index in [0.29, 0.717) is 68.2 Å². The number of hydrogen-bond donors (Lipinski definition) is 4. The SMILES string of the molecule is C=CC(=O)N1C2CC3CCC2(CS1(=O)=O)C3(C)C.CC(C)C.CC1(C)C2CCC13CS(=O)(=O)N(C(=O)C1CC([Si](C)(C)C)N=N1)C3C2.CC1(C)C2CCC13CS(=O)(=O)N(C(=O)C1CC=NN1)C3C2.CC1(C)C2CCC13CS(=O)(=O)N(C(=O)C1CCN(C(=O)OCc4ccccc4)N1)C3C2.CC1(C)C2CCC13CS(=O)(=O)NC3C2.COC(=O)C1CCN(C(=O)OCc2ccccc2)N1.C[O-].C[O-].N#N.[Mg+2]. The van der Waals surface area contributed by atoms with E-state index in [2.05, 4.69) is 157 Å². The van der Waals surface area contributed by atoms with Crippen molar-refractivity contribution in [3.05, 3.63) is 84.4 Å². The van der Waals surface area contributed by atoms with Gasteiger partial charge in [-0.1, -0.05) is 177 Å². The molecule has 9 heterocycles. The minimum Gasteiger partial charge on any atom is -0.857 e. The Balaban J connectivity index is 0.000000159. The maximum absolute atomic E-state index is 13.3. The first-order chi connectivity index (χ1) is 64.4. The molecule has 770 valence electrons. The van der Waals surface area contributed by atoms with Gasteiger partial charge in [0.2, 0.25) is 50.1 Å². The van der Waals surface area contributed by atoms with Crippen molar-refractivity contribution < 1.29 is 100 Å². The molecule has 10 bridgehead atoms. The first kappa shape index (κ1) is 112. The second-order valence-electron chi connectivity index (χ2n) is 45.7. The molecule has 6 amide bonds. The smallest absolute Gasteiger partial charge is 0.857 e. The van der Waals surface area contributed by atoms with E-state index in [1.54, 1.807) is 6.21 Å². The van der Waals surface area contributed by atoms with Crippen LogP contribution in [0.25, 0.3) is 0 Å². The summed E-state index contributed by atoms with van der Waals surface area (Å²) in [5.41, 5.74) is 9.37. The minimum absolute atomic E-state index is 0. The predicted molar refractivity (Wildman–Crippen MR) is 520 cm³/mol. The Bertz CT molecular complexity index is 5590. The van der Waals surface area contributed by atoms with Gasteiger partial charge in [-0.05, 0) is 189 Å². The van der Waals surface area contributed by atoms with Gasteiger partial charge in [-0.15, -0.1) is 0 Å². The van der Waals surface area contributed by atoms with E-state index in [9.17, 15) is 75.7 Å². The molecule has 19 aliphatic rings. The summed E-state index contributed by atoms with van der Waals surface area (Å²) in [7, 11) is -15.9. The van der Waals surface area contributed by atoms with Crippen LogP contribution in [0.2, 0.25) is 19.6 Å². The molecule has 37 nitrogen and oxygen atoms in total. The number of hydrazone groups is 1. The second kappa shape index (κ2) is 41.2. The maximum atomic E-state index is 13.3. The van der Waals surface area contributed by atoms with Crippen molar-refractivity contribution in [2.75, 3.05) is 63.2 Å². The number of ether oxygens (including phenoxy) is 3. The Morgan fingerprint density at radius 3 is 1.16 bits per heavy atom. The van der Waals surface area contributed by atoms with Crippen LogP contribution < -0.4 is 31.2 Å². The molecule has 4 N–H and O–H groups in total. The van der Waals surface area contributed by atoms with Gasteiger partial charge in [0.25, 0.3) is 23.6 Å². The Kier molecular flexibility index (Phi) is 33.3. The van der Waals surface area contributed by atoms with Gasteiger partial charge < -0.3 is 24.4 Å². The molecule has 2 aromatic rings. The number of azo groups is 1.